The molecule has 0 saturated heterocycles. The summed E-state index contributed by atoms with van der Waals surface area (Å²) in [5.74, 6) is -2.86. The van der Waals surface area contributed by atoms with Crippen molar-refractivity contribution in [3.63, 3.8) is 0 Å². The molecular formula is C22H12FN3O5. The van der Waals surface area contributed by atoms with Crippen LogP contribution in [0.1, 0.15) is 36.8 Å². The first-order valence-corrected chi connectivity index (χ1v) is 9.17. The third-order valence-electron chi connectivity index (χ3n) is 4.91. The highest BCUT2D eigenvalue weighted by atomic mass is 19.1. The van der Waals surface area contributed by atoms with Gasteiger partial charge >= 0.3 is 5.97 Å². The largest absolute Gasteiger partial charge is 0.364 e. The Balaban J connectivity index is 1.56. The first kappa shape index (κ1) is 18.6. The summed E-state index contributed by atoms with van der Waals surface area (Å²) < 4.78 is 18.5. The fraction of sp³-hybridized carbons (Fsp3) is 0.0455. The minimum Gasteiger partial charge on any atom is -0.335 e. The van der Waals surface area contributed by atoms with Crippen LogP contribution in [0.25, 0.3) is 22.4 Å². The van der Waals surface area contributed by atoms with E-state index in [1.54, 1.807) is 19.1 Å². The molecule has 0 spiro atoms. The van der Waals surface area contributed by atoms with Crippen LogP contribution >= 0.6 is 0 Å². The molecule has 0 aliphatic carbocycles. The fourth-order valence-electron chi connectivity index (χ4n) is 3.41. The van der Waals surface area contributed by atoms with E-state index in [9.17, 15) is 18.8 Å². The van der Waals surface area contributed by atoms with Gasteiger partial charge in [-0.15, -0.1) is 0 Å². The highest BCUT2D eigenvalue weighted by Crippen LogP contribution is 2.29. The maximum atomic E-state index is 13.3. The van der Waals surface area contributed by atoms with E-state index in [-0.39, 0.29) is 27.8 Å². The molecule has 0 N–H and O–H groups in total. The van der Waals surface area contributed by atoms with Crippen molar-refractivity contribution in [2.45, 2.75) is 6.92 Å². The van der Waals surface area contributed by atoms with Crippen molar-refractivity contribution in [1.29, 1.82) is 0 Å². The van der Waals surface area contributed by atoms with Crippen molar-refractivity contribution in [3.8, 4) is 11.3 Å². The number of rotatable bonds is 3. The highest BCUT2D eigenvalue weighted by molar-refractivity contribution is 6.21. The van der Waals surface area contributed by atoms with Crippen LogP contribution in [-0.4, -0.2) is 33.0 Å². The molecule has 152 valence electrons. The maximum absolute atomic E-state index is 13.3. The molecule has 8 nitrogen and oxygen atoms in total. The lowest BCUT2D eigenvalue weighted by Gasteiger charge is -2.13. The molecule has 0 atom stereocenters. The van der Waals surface area contributed by atoms with Gasteiger partial charge in [-0.2, -0.15) is 0 Å². The highest BCUT2D eigenvalue weighted by Gasteiger charge is 2.39. The van der Waals surface area contributed by atoms with Gasteiger partial charge in [0.05, 0.1) is 33.5 Å². The lowest BCUT2D eigenvalue weighted by atomic mass is 10.1. The van der Waals surface area contributed by atoms with Crippen LogP contribution < -0.4 is 0 Å². The zero-order valence-electron chi connectivity index (χ0n) is 16.0. The minimum absolute atomic E-state index is 0.000342. The van der Waals surface area contributed by atoms with Crippen LogP contribution in [-0.2, 0) is 4.84 Å². The Labute approximate surface area is 173 Å². The Kier molecular flexibility index (Phi) is 4.11. The summed E-state index contributed by atoms with van der Waals surface area (Å²) in [6, 6.07) is 13.1. The number of fused-ring (bicyclic) bond motifs is 2. The molecule has 3 heterocycles. The number of pyridine rings is 1. The summed E-state index contributed by atoms with van der Waals surface area (Å²) in [5.41, 5.74) is 1.56. The fourth-order valence-corrected chi connectivity index (χ4v) is 3.41. The molecular weight excluding hydrogens is 405 g/mol. The number of aryl methyl sites for hydroxylation is 1. The van der Waals surface area contributed by atoms with Crippen LogP contribution in [0.3, 0.4) is 0 Å². The van der Waals surface area contributed by atoms with Crippen LogP contribution in [0.4, 0.5) is 4.39 Å². The summed E-state index contributed by atoms with van der Waals surface area (Å²) in [7, 11) is 0. The number of carbonyl (C=O) groups excluding carboxylic acids is 3. The first-order valence-electron chi connectivity index (χ1n) is 9.17. The second-order valence-electron chi connectivity index (χ2n) is 6.84. The van der Waals surface area contributed by atoms with Gasteiger partial charge in [0.25, 0.3) is 17.5 Å². The first-order chi connectivity index (χ1) is 14.9. The zero-order valence-corrected chi connectivity index (χ0v) is 16.0. The molecule has 4 aromatic rings. The molecule has 2 aromatic carbocycles. The summed E-state index contributed by atoms with van der Waals surface area (Å²) in [6.07, 6.45) is 0. The van der Waals surface area contributed by atoms with Gasteiger partial charge < -0.3 is 9.36 Å². The van der Waals surface area contributed by atoms with Gasteiger partial charge in [0, 0.05) is 5.56 Å². The van der Waals surface area contributed by atoms with Crippen molar-refractivity contribution in [3.05, 3.63) is 82.8 Å². The normalized spacial score (nSPS) is 13.0. The average Bonchev–Trinajstić information content (AvgIpc) is 3.27. The van der Waals surface area contributed by atoms with Crippen LogP contribution in [0.5, 0.6) is 0 Å². The second kappa shape index (κ2) is 6.84. The summed E-state index contributed by atoms with van der Waals surface area (Å²) in [6.45, 7) is 1.61. The molecule has 9 heteroatoms. The summed E-state index contributed by atoms with van der Waals surface area (Å²) in [4.78, 5) is 47.6. The van der Waals surface area contributed by atoms with E-state index >= 15 is 0 Å². The van der Waals surface area contributed by atoms with Gasteiger partial charge in [0.1, 0.15) is 5.82 Å². The smallest absolute Gasteiger partial charge is 0.335 e. The van der Waals surface area contributed by atoms with Crippen LogP contribution in [0.2, 0.25) is 0 Å². The SMILES string of the molecule is Cc1noc2nc(-c3ccc(F)cc3)cc(C(=O)ON3C(=O)c4ccccc4C3=O)c12. The van der Waals surface area contributed by atoms with Gasteiger partial charge in [0.2, 0.25) is 0 Å². The van der Waals surface area contributed by atoms with Crippen LogP contribution in [0.15, 0.2) is 59.1 Å². The van der Waals surface area contributed by atoms with E-state index in [1.165, 1.54) is 42.5 Å². The van der Waals surface area contributed by atoms with E-state index < -0.39 is 23.6 Å². The van der Waals surface area contributed by atoms with Gasteiger partial charge in [0.15, 0.2) is 0 Å². The second-order valence-corrected chi connectivity index (χ2v) is 6.84. The summed E-state index contributed by atoms with van der Waals surface area (Å²) >= 11 is 0. The quantitative estimate of drug-likeness (QED) is 0.468. The van der Waals surface area contributed by atoms with Crippen molar-refractivity contribution >= 4 is 28.9 Å². The number of hydroxylamine groups is 2. The number of imide groups is 1. The van der Waals surface area contributed by atoms with E-state index in [2.05, 4.69) is 10.1 Å². The zero-order chi connectivity index (χ0) is 21.7. The number of hydrogen-bond donors (Lipinski definition) is 0. The van der Waals surface area contributed by atoms with Gasteiger partial charge in [-0.25, -0.2) is 14.2 Å². The number of hydrogen-bond acceptors (Lipinski definition) is 7. The topological polar surface area (TPSA) is 103 Å². The van der Waals surface area contributed by atoms with E-state index in [0.29, 0.717) is 22.0 Å². The predicted octanol–water partition coefficient (Wildman–Crippen LogP) is 3.71. The van der Waals surface area contributed by atoms with Gasteiger partial charge in [-0.05, 0) is 49.4 Å². The molecule has 1 aliphatic rings. The number of benzene rings is 2. The van der Waals surface area contributed by atoms with Crippen molar-refractivity contribution < 1.29 is 28.1 Å². The Morgan fingerprint density at radius 3 is 2.32 bits per heavy atom. The predicted molar refractivity (Wildman–Crippen MR) is 104 cm³/mol. The lowest BCUT2D eigenvalue weighted by molar-refractivity contribution is -0.0583. The molecule has 0 radical (unpaired) electrons. The number of halogens is 1. The molecule has 31 heavy (non-hydrogen) atoms. The number of amides is 2. The van der Waals surface area contributed by atoms with Crippen molar-refractivity contribution in [2.75, 3.05) is 0 Å². The third kappa shape index (κ3) is 2.94. The Morgan fingerprint density at radius 2 is 1.68 bits per heavy atom. The Hall–Kier alpha value is -4.40. The lowest BCUT2D eigenvalue weighted by Crippen LogP contribution is -2.32. The number of carbonyl (C=O) groups is 3. The maximum Gasteiger partial charge on any atom is 0.364 e. The summed E-state index contributed by atoms with van der Waals surface area (Å²) in [5, 5.41) is 4.54. The van der Waals surface area contributed by atoms with Crippen molar-refractivity contribution in [1.82, 2.24) is 15.2 Å². The molecule has 1 aliphatic heterocycles. The Bertz CT molecular complexity index is 1360. The minimum atomic E-state index is -0.962. The molecule has 0 bridgehead atoms. The molecule has 5 rings (SSSR count). The monoisotopic (exact) mass is 417 g/mol. The van der Waals surface area contributed by atoms with E-state index in [0.717, 1.165) is 0 Å². The molecule has 2 aromatic heterocycles. The number of aromatic nitrogens is 2. The molecule has 0 unspecified atom stereocenters. The molecule has 0 fully saturated rings. The Morgan fingerprint density at radius 1 is 1.03 bits per heavy atom. The molecule has 2 amide bonds. The van der Waals surface area contributed by atoms with Gasteiger partial charge in [-0.3, -0.25) is 9.59 Å². The van der Waals surface area contributed by atoms with Crippen molar-refractivity contribution in [2.24, 2.45) is 0 Å². The standard InChI is InChI=1S/C22H12FN3O5/c1-11-18-16(10-17(24-19(18)30-25-11)12-6-8-13(23)9-7-12)22(29)31-26-20(27)14-4-2-3-5-15(14)21(26)28/h2-10H,1H3. The van der Waals surface area contributed by atoms with E-state index in [4.69, 9.17) is 9.36 Å². The average molecular weight is 417 g/mol. The van der Waals surface area contributed by atoms with Crippen LogP contribution in [0, 0.1) is 12.7 Å². The van der Waals surface area contributed by atoms with Gasteiger partial charge in [-0.1, -0.05) is 22.4 Å². The van der Waals surface area contributed by atoms with E-state index in [1.807, 2.05) is 0 Å². The third-order valence-corrected chi connectivity index (χ3v) is 4.91. The molecule has 0 saturated carbocycles. The number of nitrogens with zero attached hydrogens (tertiary/aromatic N) is 3.